The number of hydrogen-bond donors (Lipinski definition) is 1. The Labute approximate surface area is 131 Å². The summed E-state index contributed by atoms with van der Waals surface area (Å²) >= 11 is 9.55. The highest BCUT2D eigenvalue weighted by Crippen LogP contribution is 2.31. The Morgan fingerprint density at radius 3 is 2.75 bits per heavy atom. The van der Waals surface area contributed by atoms with Gasteiger partial charge in [0.1, 0.15) is 5.69 Å². The number of aromatic nitrogens is 1. The van der Waals surface area contributed by atoms with E-state index in [1.54, 1.807) is 26.5 Å². The van der Waals surface area contributed by atoms with E-state index >= 15 is 0 Å². The summed E-state index contributed by atoms with van der Waals surface area (Å²) in [5.74, 6) is 1.27. The van der Waals surface area contributed by atoms with Crippen LogP contribution in [0.15, 0.2) is 34.9 Å². The lowest BCUT2D eigenvalue weighted by Crippen LogP contribution is -2.05. The number of halogens is 2. The van der Waals surface area contributed by atoms with Gasteiger partial charge in [-0.3, -0.25) is 4.98 Å². The molecule has 106 valence electrons. The monoisotopic (exact) mass is 356 g/mol. The lowest BCUT2D eigenvalue weighted by Gasteiger charge is -2.13. The van der Waals surface area contributed by atoms with Crippen LogP contribution in [0.2, 0.25) is 5.02 Å². The van der Waals surface area contributed by atoms with Gasteiger partial charge in [0, 0.05) is 16.7 Å². The second-order valence-electron chi connectivity index (χ2n) is 3.97. The van der Waals surface area contributed by atoms with Crippen LogP contribution in [-0.2, 0) is 6.54 Å². The molecular weight excluding hydrogens is 344 g/mol. The Hall–Kier alpha value is -1.46. The van der Waals surface area contributed by atoms with E-state index in [-0.39, 0.29) is 0 Å². The summed E-state index contributed by atoms with van der Waals surface area (Å²) in [6.45, 7) is 0.483. The minimum absolute atomic E-state index is 0.483. The fourth-order valence-corrected chi connectivity index (χ4v) is 2.33. The fourth-order valence-electron chi connectivity index (χ4n) is 1.79. The predicted molar refractivity (Wildman–Crippen MR) is 83.8 cm³/mol. The molecule has 0 atom stereocenters. The molecule has 2 aromatic rings. The Morgan fingerprint density at radius 2 is 2.05 bits per heavy atom. The summed E-state index contributed by atoms with van der Waals surface area (Å²) in [4.78, 5) is 4.30. The number of nitrogens with zero attached hydrogens (tertiary/aromatic N) is 1. The first-order chi connectivity index (χ1) is 9.65. The van der Waals surface area contributed by atoms with Crippen LogP contribution in [0.1, 0.15) is 5.69 Å². The summed E-state index contributed by atoms with van der Waals surface area (Å²) in [6.07, 6.45) is 1.68. The van der Waals surface area contributed by atoms with E-state index in [1.165, 1.54) is 0 Å². The maximum atomic E-state index is 6.13. The molecule has 1 heterocycles. The maximum absolute atomic E-state index is 6.13. The van der Waals surface area contributed by atoms with Gasteiger partial charge in [0.2, 0.25) is 0 Å². The highest BCUT2D eigenvalue weighted by Gasteiger charge is 2.11. The molecule has 6 heteroatoms. The third kappa shape index (κ3) is 3.35. The van der Waals surface area contributed by atoms with Crippen LogP contribution >= 0.6 is 27.5 Å². The molecule has 4 nitrogen and oxygen atoms in total. The molecule has 0 fully saturated rings. The van der Waals surface area contributed by atoms with Crippen LogP contribution in [0.25, 0.3) is 0 Å². The molecule has 0 aliphatic carbocycles. The van der Waals surface area contributed by atoms with Gasteiger partial charge in [-0.15, -0.1) is 0 Å². The van der Waals surface area contributed by atoms with Crippen LogP contribution in [0, 0.1) is 0 Å². The van der Waals surface area contributed by atoms with Crippen molar-refractivity contribution in [1.29, 1.82) is 0 Å². The van der Waals surface area contributed by atoms with Crippen molar-refractivity contribution in [2.45, 2.75) is 6.54 Å². The van der Waals surface area contributed by atoms with E-state index in [4.69, 9.17) is 21.1 Å². The van der Waals surface area contributed by atoms with Crippen molar-refractivity contribution in [3.63, 3.8) is 0 Å². The standard InChI is InChI=1S/C14H14BrClN2O2/c1-19-13-5-6-17-12(14(13)20-2)8-18-11-7-9(15)3-4-10(11)16/h3-7,18H,8H2,1-2H3. The Morgan fingerprint density at radius 1 is 1.25 bits per heavy atom. The maximum Gasteiger partial charge on any atom is 0.184 e. The molecule has 0 aliphatic rings. The average Bonchev–Trinajstić information content (AvgIpc) is 2.47. The molecule has 1 N–H and O–H groups in total. The van der Waals surface area contributed by atoms with Crippen LogP contribution in [0.3, 0.4) is 0 Å². The number of pyridine rings is 1. The quantitative estimate of drug-likeness (QED) is 0.874. The summed E-state index contributed by atoms with van der Waals surface area (Å²) in [5, 5.41) is 3.88. The molecule has 0 radical (unpaired) electrons. The van der Waals surface area contributed by atoms with Gasteiger partial charge in [0.25, 0.3) is 0 Å². The van der Waals surface area contributed by atoms with Gasteiger partial charge in [0.05, 0.1) is 31.5 Å². The van der Waals surface area contributed by atoms with Gasteiger partial charge in [-0.2, -0.15) is 0 Å². The molecule has 1 aromatic heterocycles. The van der Waals surface area contributed by atoms with Crippen LogP contribution in [0.4, 0.5) is 5.69 Å². The first kappa shape index (κ1) is 14.9. The van der Waals surface area contributed by atoms with E-state index in [0.717, 1.165) is 15.9 Å². The molecule has 0 bridgehead atoms. The normalized spacial score (nSPS) is 10.2. The highest BCUT2D eigenvalue weighted by molar-refractivity contribution is 9.10. The number of rotatable bonds is 5. The largest absolute Gasteiger partial charge is 0.493 e. The summed E-state index contributed by atoms with van der Waals surface area (Å²) in [7, 11) is 3.19. The smallest absolute Gasteiger partial charge is 0.184 e. The van der Waals surface area contributed by atoms with Gasteiger partial charge in [0.15, 0.2) is 11.5 Å². The van der Waals surface area contributed by atoms with Crippen molar-refractivity contribution >= 4 is 33.2 Å². The molecule has 20 heavy (non-hydrogen) atoms. The third-order valence-corrected chi connectivity index (χ3v) is 3.56. The van der Waals surface area contributed by atoms with Crippen molar-refractivity contribution in [3.8, 4) is 11.5 Å². The van der Waals surface area contributed by atoms with E-state index < -0.39 is 0 Å². The second kappa shape index (κ2) is 6.81. The van der Waals surface area contributed by atoms with Crippen molar-refractivity contribution < 1.29 is 9.47 Å². The lowest BCUT2D eigenvalue weighted by molar-refractivity contribution is 0.350. The Balaban J connectivity index is 2.20. The number of anilines is 1. The molecule has 0 amide bonds. The lowest BCUT2D eigenvalue weighted by atomic mass is 10.2. The van der Waals surface area contributed by atoms with Crippen molar-refractivity contribution in [1.82, 2.24) is 4.98 Å². The molecule has 0 aliphatic heterocycles. The van der Waals surface area contributed by atoms with Crippen molar-refractivity contribution in [3.05, 3.63) is 45.7 Å². The number of benzene rings is 1. The third-order valence-electron chi connectivity index (χ3n) is 2.74. The molecule has 1 aromatic carbocycles. The number of hydrogen-bond acceptors (Lipinski definition) is 4. The van der Waals surface area contributed by atoms with Gasteiger partial charge >= 0.3 is 0 Å². The van der Waals surface area contributed by atoms with Crippen molar-refractivity contribution in [2.75, 3.05) is 19.5 Å². The second-order valence-corrected chi connectivity index (χ2v) is 5.29. The molecule has 0 spiro atoms. The molecule has 0 saturated heterocycles. The number of nitrogens with one attached hydrogen (secondary N) is 1. The van der Waals surface area contributed by atoms with Gasteiger partial charge in [-0.05, 0) is 18.2 Å². The number of methoxy groups -OCH3 is 2. The zero-order valence-corrected chi connectivity index (χ0v) is 13.5. The average molecular weight is 358 g/mol. The predicted octanol–water partition coefficient (Wildman–Crippen LogP) is 4.13. The van der Waals surface area contributed by atoms with E-state index in [9.17, 15) is 0 Å². The molecule has 0 saturated carbocycles. The summed E-state index contributed by atoms with van der Waals surface area (Å²) in [6, 6.07) is 7.38. The number of ether oxygens (including phenoxy) is 2. The van der Waals surface area contributed by atoms with E-state index in [0.29, 0.717) is 23.1 Å². The molecular formula is C14H14BrClN2O2. The van der Waals surface area contributed by atoms with Crippen LogP contribution in [-0.4, -0.2) is 19.2 Å². The summed E-state index contributed by atoms with van der Waals surface area (Å²) < 4.78 is 11.5. The minimum atomic E-state index is 0.483. The van der Waals surface area contributed by atoms with Crippen molar-refractivity contribution in [2.24, 2.45) is 0 Å². The van der Waals surface area contributed by atoms with E-state index in [1.807, 2.05) is 18.2 Å². The summed E-state index contributed by atoms with van der Waals surface area (Å²) in [5.41, 5.74) is 1.58. The van der Waals surface area contributed by atoms with Crippen LogP contribution in [0.5, 0.6) is 11.5 Å². The molecule has 2 rings (SSSR count). The fraction of sp³-hybridized carbons (Fsp3) is 0.214. The Bertz CT molecular complexity index is 608. The first-order valence-corrected chi connectivity index (χ1v) is 7.07. The SMILES string of the molecule is COc1ccnc(CNc2cc(Br)ccc2Cl)c1OC. The van der Waals surface area contributed by atoms with Gasteiger partial charge in [-0.1, -0.05) is 27.5 Å². The Kier molecular flexibility index (Phi) is 5.09. The molecule has 0 unspecified atom stereocenters. The van der Waals surface area contributed by atoms with Crippen LogP contribution < -0.4 is 14.8 Å². The highest BCUT2D eigenvalue weighted by atomic mass is 79.9. The topological polar surface area (TPSA) is 43.4 Å². The first-order valence-electron chi connectivity index (χ1n) is 5.90. The van der Waals surface area contributed by atoms with E-state index in [2.05, 4.69) is 26.2 Å². The zero-order valence-electron chi connectivity index (χ0n) is 11.1. The minimum Gasteiger partial charge on any atom is -0.493 e. The zero-order chi connectivity index (χ0) is 14.5. The van der Waals surface area contributed by atoms with Gasteiger partial charge < -0.3 is 14.8 Å². The van der Waals surface area contributed by atoms with Gasteiger partial charge in [-0.25, -0.2) is 0 Å².